The molecule has 0 spiro atoms. The summed E-state index contributed by atoms with van der Waals surface area (Å²) in [4.78, 5) is 36.9. The van der Waals surface area contributed by atoms with E-state index in [4.69, 9.17) is 9.98 Å². The van der Waals surface area contributed by atoms with E-state index in [1.165, 1.54) is 26.3 Å². The van der Waals surface area contributed by atoms with Gasteiger partial charge in [0.1, 0.15) is 23.6 Å². The van der Waals surface area contributed by atoms with Crippen LogP contribution in [0.5, 0.6) is 0 Å². The number of rotatable bonds is 11. The minimum atomic E-state index is -0.738. The monoisotopic (exact) mass is 740 g/mol. The summed E-state index contributed by atoms with van der Waals surface area (Å²) in [7, 11) is 0. The number of Topliss-reactive ketones (excluding diaryl/α,β-unsaturated/α-hetero) is 2. The van der Waals surface area contributed by atoms with E-state index in [0.29, 0.717) is 11.1 Å². The number of allylic oxidation sites excluding steroid dienone is 2. The third kappa shape index (κ3) is 8.30. The Balaban J connectivity index is 1.61. The summed E-state index contributed by atoms with van der Waals surface area (Å²) in [6, 6.07) is 34.7. The summed E-state index contributed by atoms with van der Waals surface area (Å²) in [6.45, 7) is 14.5. The number of carbonyl (C=O) groups excluding carboxylic acids is 2. The average Bonchev–Trinajstić information content (AvgIpc) is 3.14. The highest BCUT2D eigenvalue weighted by atomic mass is 16.3. The number of hydrogen-bond donors (Lipinski definition) is 2. The van der Waals surface area contributed by atoms with Crippen molar-refractivity contribution >= 4 is 57.1 Å². The highest BCUT2D eigenvalue weighted by molar-refractivity contribution is 6.18. The van der Waals surface area contributed by atoms with Crippen LogP contribution in [0.3, 0.4) is 0 Å². The van der Waals surface area contributed by atoms with Crippen molar-refractivity contribution in [1.29, 1.82) is 0 Å². The van der Waals surface area contributed by atoms with E-state index in [-0.39, 0.29) is 34.2 Å². The van der Waals surface area contributed by atoms with Crippen molar-refractivity contribution in [3.8, 4) is 0 Å². The molecule has 0 radical (unpaired) electrons. The lowest BCUT2D eigenvalue weighted by atomic mass is 9.91. The van der Waals surface area contributed by atoms with Crippen molar-refractivity contribution in [1.82, 2.24) is 0 Å². The molecular weight excluding hydrogens is 693 g/mol. The standard InChI is InChI=1S/C50H48N2O4/c1-29-21-31(3)45(32(4)22-29)49(55)43(35(7)53)27-51-47(41-19-17-37-13-9-11-15-39(37)25-41)48(42-20-18-38-14-10-12-16-40(38)26-42)52-28-44(36(8)54)50(56)46-33(5)23-30(2)24-34(46)6/h9-28,47-48,55-56H,1-8H3/t47-,48-/m0/s1. The van der Waals surface area contributed by atoms with Gasteiger partial charge in [-0.05, 0) is 122 Å². The Morgan fingerprint density at radius 1 is 0.482 bits per heavy atom. The van der Waals surface area contributed by atoms with Gasteiger partial charge in [0.2, 0.25) is 0 Å². The van der Waals surface area contributed by atoms with Crippen molar-refractivity contribution in [3.63, 3.8) is 0 Å². The van der Waals surface area contributed by atoms with Gasteiger partial charge >= 0.3 is 0 Å². The van der Waals surface area contributed by atoms with Crippen LogP contribution in [0, 0.1) is 41.5 Å². The van der Waals surface area contributed by atoms with Crippen molar-refractivity contribution in [2.75, 3.05) is 0 Å². The van der Waals surface area contributed by atoms with Gasteiger partial charge < -0.3 is 10.2 Å². The second-order valence-corrected chi connectivity index (χ2v) is 14.8. The van der Waals surface area contributed by atoms with Crippen LogP contribution in [0.1, 0.15) is 81.6 Å². The van der Waals surface area contributed by atoms with Crippen molar-refractivity contribution < 1.29 is 19.8 Å². The molecule has 0 unspecified atom stereocenters. The second kappa shape index (κ2) is 16.5. The fraction of sp³-hybridized carbons (Fsp3) is 0.200. The molecule has 2 atom stereocenters. The van der Waals surface area contributed by atoms with Crippen molar-refractivity contribution in [3.05, 3.63) is 176 Å². The van der Waals surface area contributed by atoms with Crippen LogP contribution in [-0.2, 0) is 9.59 Å². The number of carbonyl (C=O) groups is 2. The zero-order valence-electron chi connectivity index (χ0n) is 33.3. The predicted molar refractivity (Wildman–Crippen MR) is 232 cm³/mol. The number of fused-ring (bicyclic) bond motifs is 2. The van der Waals surface area contributed by atoms with Crippen LogP contribution < -0.4 is 0 Å². The highest BCUT2D eigenvalue weighted by Crippen LogP contribution is 2.39. The SMILES string of the molecule is CC(=O)C(C=N[C@@H](c1ccc2ccccc2c1)[C@@H](N=CC(C(C)=O)=C(O)c1c(C)cc(C)cc1C)c1ccc2ccccc2c1)=C(O)c1c(C)cc(C)cc1C. The van der Waals surface area contributed by atoms with E-state index in [1.54, 1.807) is 0 Å². The zero-order chi connectivity index (χ0) is 40.3. The molecule has 0 amide bonds. The van der Waals surface area contributed by atoms with Gasteiger partial charge in [0.15, 0.2) is 11.6 Å². The average molecular weight is 741 g/mol. The lowest BCUT2D eigenvalue weighted by Gasteiger charge is -2.23. The molecule has 6 aromatic rings. The van der Waals surface area contributed by atoms with Crippen LogP contribution in [0.4, 0.5) is 0 Å². The number of nitrogens with zero attached hydrogens (tertiary/aromatic N) is 2. The first-order valence-corrected chi connectivity index (χ1v) is 18.8. The molecule has 6 heteroatoms. The Hall–Kier alpha value is -6.40. The number of aliphatic imine (C=N–C) groups is 2. The maximum atomic E-state index is 13.3. The van der Waals surface area contributed by atoms with E-state index in [1.807, 2.05) is 139 Å². The normalized spacial score (nSPS) is 13.9. The van der Waals surface area contributed by atoms with E-state index < -0.39 is 12.1 Å². The number of ketones is 2. The van der Waals surface area contributed by atoms with E-state index >= 15 is 0 Å². The van der Waals surface area contributed by atoms with Crippen LogP contribution in [0.15, 0.2) is 130 Å². The smallest absolute Gasteiger partial charge is 0.165 e. The Morgan fingerprint density at radius 2 is 0.804 bits per heavy atom. The third-order valence-electron chi connectivity index (χ3n) is 10.4. The lowest BCUT2D eigenvalue weighted by Crippen LogP contribution is -2.12. The maximum absolute atomic E-state index is 13.3. The summed E-state index contributed by atoms with van der Waals surface area (Å²) >= 11 is 0. The molecule has 2 N–H and O–H groups in total. The molecule has 6 rings (SSSR count). The molecule has 56 heavy (non-hydrogen) atoms. The summed E-state index contributed by atoms with van der Waals surface area (Å²) in [5.41, 5.74) is 8.43. The van der Waals surface area contributed by atoms with Gasteiger partial charge in [0, 0.05) is 23.6 Å². The van der Waals surface area contributed by atoms with E-state index in [9.17, 15) is 19.8 Å². The van der Waals surface area contributed by atoms with Gasteiger partial charge in [0.25, 0.3) is 0 Å². The van der Waals surface area contributed by atoms with E-state index in [0.717, 1.165) is 66.1 Å². The summed E-state index contributed by atoms with van der Waals surface area (Å²) in [5, 5.41) is 27.6. The third-order valence-corrected chi connectivity index (χ3v) is 10.4. The first-order chi connectivity index (χ1) is 26.7. The lowest BCUT2D eigenvalue weighted by molar-refractivity contribution is -0.114. The number of hydrogen-bond acceptors (Lipinski definition) is 6. The molecule has 0 bridgehead atoms. The fourth-order valence-corrected chi connectivity index (χ4v) is 7.81. The maximum Gasteiger partial charge on any atom is 0.165 e. The second-order valence-electron chi connectivity index (χ2n) is 14.8. The largest absolute Gasteiger partial charge is 0.506 e. The van der Waals surface area contributed by atoms with Gasteiger partial charge in [-0.1, -0.05) is 108 Å². The van der Waals surface area contributed by atoms with Crippen LogP contribution in [0.2, 0.25) is 0 Å². The minimum absolute atomic E-state index is 0.0689. The molecule has 0 heterocycles. The van der Waals surface area contributed by atoms with Gasteiger partial charge in [0.05, 0.1) is 11.1 Å². The van der Waals surface area contributed by atoms with Crippen molar-refractivity contribution in [2.24, 2.45) is 9.98 Å². The molecule has 0 aliphatic heterocycles. The quantitative estimate of drug-likeness (QED) is 0.0784. The van der Waals surface area contributed by atoms with Crippen LogP contribution in [-0.4, -0.2) is 34.2 Å². The van der Waals surface area contributed by atoms with Gasteiger partial charge in [-0.25, -0.2) is 0 Å². The molecule has 0 aliphatic carbocycles. The van der Waals surface area contributed by atoms with Crippen molar-refractivity contribution in [2.45, 2.75) is 67.5 Å². The number of aryl methyl sites for hydroxylation is 6. The number of aliphatic hydroxyl groups is 2. The summed E-state index contributed by atoms with van der Waals surface area (Å²) < 4.78 is 0. The Labute approximate surface area is 329 Å². The first-order valence-electron chi connectivity index (χ1n) is 18.8. The molecule has 0 saturated heterocycles. The van der Waals surface area contributed by atoms with Crippen LogP contribution >= 0.6 is 0 Å². The molecule has 0 saturated carbocycles. The molecule has 6 nitrogen and oxygen atoms in total. The number of aliphatic hydroxyl groups excluding tert-OH is 2. The highest BCUT2D eigenvalue weighted by Gasteiger charge is 2.26. The summed E-state index contributed by atoms with van der Waals surface area (Å²) in [5.74, 6) is -0.974. The van der Waals surface area contributed by atoms with Crippen LogP contribution in [0.25, 0.3) is 33.1 Å². The molecule has 6 aromatic carbocycles. The molecule has 0 aromatic heterocycles. The van der Waals surface area contributed by atoms with Gasteiger partial charge in [-0.15, -0.1) is 0 Å². The first kappa shape index (κ1) is 39.3. The molecule has 282 valence electrons. The van der Waals surface area contributed by atoms with Gasteiger partial charge in [-0.3, -0.25) is 19.6 Å². The Bertz CT molecular complexity index is 2410. The fourth-order valence-electron chi connectivity index (χ4n) is 7.81. The summed E-state index contributed by atoms with van der Waals surface area (Å²) in [6.07, 6.45) is 2.91. The Morgan fingerprint density at radius 3 is 1.12 bits per heavy atom. The van der Waals surface area contributed by atoms with Gasteiger partial charge in [-0.2, -0.15) is 0 Å². The van der Waals surface area contributed by atoms with E-state index in [2.05, 4.69) is 12.1 Å². The topological polar surface area (TPSA) is 99.3 Å². The Kier molecular flexibility index (Phi) is 11.6. The molecular formula is C50H48N2O4. The predicted octanol–water partition coefficient (Wildman–Crippen LogP) is 11.9. The molecule has 0 aliphatic rings. The number of benzene rings is 6. The minimum Gasteiger partial charge on any atom is -0.506 e. The molecule has 0 fully saturated rings. The zero-order valence-corrected chi connectivity index (χ0v) is 33.3.